The van der Waals surface area contributed by atoms with Gasteiger partial charge in [0, 0.05) is 0 Å². The number of hydrogen-bond acceptors (Lipinski definition) is 2. The standard InChI is InChI=1S/C43H79AsO2/c1-5-7-9-11-13-15-17-19-21-23-25-27-29-31-33-35-38-42(46-43(45)40-37-41-44(3)4)39-36-34-32-30-28-26-24-22-20-18-16-14-12-10-8-6-2/h13-16,19-22,42H,5-12,17-18,23-41H2,1-4H3/b15-13+,16-14+,21-19+,22-20+. The van der Waals surface area contributed by atoms with Crippen LogP contribution in [-0.4, -0.2) is 26.7 Å². The Labute approximate surface area is 294 Å². The Kier molecular flexibility index (Phi) is 37.6. The molecular weight excluding hydrogens is 623 g/mol. The van der Waals surface area contributed by atoms with Crippen LogP contribution in [-0.2, 0) is 9.53 Å². The molecule has 0 spiro atoms. The summed E-state index contributed by atoms with van der Waals surface area (Å²) < 4.78 is 6.03. The summed E-state index contributed by atoms with van der Waals surface area (Å²) in [7, 11) is 0. The number of hydrogen-bond donors (Lipinski definition) is 0. The van der Waals surface area contributed by atoms with E-state index in [1.54, 1.807) is 0 Å². The predicted molar refractivity (Wildman–Crippen MR) is 209 cm³/mol. The van der Waals surface area contributed by atoms with Crippen molar-refractivity contribution < 1.29 is 9.53 Å². The van der Waals surface area contributed by atoms with Crippen molar-refractivity contribution in [2.45, 2.75) is 216 Å². The maximum atomic E-state index is 12.6. The minimum atomic E-state index is -0.646. The molecule has 0 aliphatic rings. The van der Waals surface area contributed by atoms with Gasteiger partial charge in [0.05, 0.1) is 0 Å². The summed E-state index contributed by atoms with van der Waals surface area (Å²) in [5, 5.41) is 1.25. The number of ether oxygens (including phenoxy) is 1. The SMILES string of the molecule is CCCCC/C=C/C/C=C/CCCCCCCCC(CCCCCCCC/C=C/C/C=C/CCCCC)OC(=O)CCC[As](C)C. The molecule has 0 saturated carbocycles. The second-order valence-corrected chi connectivity index (χ2v) is 19.2. The molecule has 46 heavy (non-hydrogen) atoms. The van der Waals surface area contributed by atoms with E-state index in [9.17, 15) is 4.79 Å². The van der Waals surface area contributed by atoms with Crippen molar-refractivity contribution in [3.05, 3.63) is 48.6 Å². The Hall–Kier alpha value is -1.01. The molecule has 0 fully saturated rings. The van der Waals surface area contributed by atoms with Gasteiger partial charge in [0.2, 0.25) is 0 Å². The molecule has 0 heterocycles. The van der Waals surface area contributed by atoms with Crippen molar-refractivity contribution >= 4 is 20.6 Å². The van der Waals surface area contributed by atoms with Crippen LogP contribution in [0.5, 0.6) is 0 Å². The van der Waals surface area contributed by atoms with Crippen molar-refractivity contribution in [1.29, 1.82) is 0 Å². The van der Waals surface area contributed by atoms with Crippen LogP contribution in [0.4, 0.5) is 0 Å². The van der Waals surface area contributed by atoms with Crippen LogP contribution in [0.1, 0.15) is 194 Å². The van der Waals surface area contributed by atoms with E-state index in [2.05, 4.69) is 73.9 Å². The molecule has 0 aromatic heterocycles. The normalized spacial score (nSPS) is 12.4. The van der Waals surface area contributed by atoms with Gasteiger partial charge in [-0.2, -0.15) is 0 Å². The van der Waals surface area contributed by atoms with E-state index in [0.717, 1.165) is 32.1 Å². The topological polar surface area (TPSA) is 26.3 Å². The molecule has 0 saturated heterocycles. The number of carbonyl (C=O) groups is 1. The van der Waals surface area contributed by atoms with Gasteiger partial charge in [-0.05, 0) is 64.2 Å². The second kappa shape index (κ2) is 38.4. The molecule has 0 amide bonds. The molecule has 3 heteroatoms. The molecule has 0 unspecified atom stereocenters. The first-order valence-corrected chi connectivity index (χ1v) is 25.1. The molecule has 0 atom stereocenters. The molecular formula is C43H79AsO2. The quantitative estimate of drug-likeness (QED) is 0.0284. The van der Waals surface area contributed by atoms with Crippen LogP contribution in [0, 0.1) is 0 Å². The summed E-state index contributed by atoms with van der Waals surface area (Å²) in [5.41, 5.74) is 4.75. The third-order valence-electron chi connectivity index (χ3n) is 8.74. The van der Waals surface area contributed by atoms with E-state index in [1.807, 2.05) is 0 Å². The van der Waals surface area contributed by atoms with E-state index in [-0.39, 0.29) is 12.1 Å². The van der Waals surface area contributed by atoms with E-state index in [4.69, 9.17) is 4.74 Å². The molecule has 0 rings (SSSR count). The first-order chi connectivity index (χ1) is 22.6. The Bertz CT molecular complexity index is 687. The molecule has 268 valence electrons. The average Bonchev–Trinajstić information content (AvgIpc) is 3.04. The van der Waals surface area contributed by atoms with Gasteiger partial charge in [-0.3, -0.25) is 0 Å². The predicted octanol–water partition coefficient (Wildman–Crippen LogP) is 14.8. The van der Waals surface area contributed by atoms with E-state index in [0.29, 0.717) is 6.42 Å². The zero-order chi connectivity index (χ0) is 33.6. The summed E-state index contributed by atoms with van der Waals surface area (Å²) in [4.78, 5) is 12.6. The van der Waals surface area contributed by atoms with Crippen molar-refractivity contribution in [2.75, 3.05) is 0 Å². The van der Waals surface area contributed by atoms with Crippen molar-refractivity contribution in [3.8, 4) is 0 Å². The summed E-state index contributed by atoms with van der Waals surface area (Å²) in [6.07, 6.45) is 53.2. The van der Waals surface area contributed by atoms with Crippen molar-refractivity contribution in [1.82, 2.24) is 0 Å². The Morgan fingerprint density at radius 3 is 1.26 bits per heavy atom. The fourth-order valence-electron chi connectivity index (χ4n) is 5.77. The van der Waals surface area contributed by atoms with Crippen LogP contribution >= 0.6 is 0 Å². The Morgan fingerprint density at radius 2 is 0.870 bits per heavy atom. The summed E-state index contributed by atoms with van der Waals surface area (Å²) in [6, 6.07) is 0. The molecule has 2 nitrogen and oxygen atoms in total. The minimum absolute atomic E-state index is 0.0564. The first kappa shape index (κ1) is 45.0. The molecule has 0 aliphatic carbocycles. The van der Waals surface area contributed by atoms with Gasteiger partial charge < -0.3 is 0 Å². The molecule has 0 aromatic rings. The molecule has 0 aliphatic heterocycles. The number of esters is 1. The fourth-order valence-corrected chi connectivity index (χ4v) is 7.43. The zero-order valence-electron chi connectivity index (χ0n) is 31.5. The number of rotatable bonds is 35. The fraction of sp³-hybridized carbons (Fsp3) is 0.791. The van der Waals surface area contributed by atoms with Crippen LogP contribution < -0.4 is 0 Å². The third-order valence-corrected chi connectivity index (χ3v) is 11.3. The van der Waals surface area contributed by atoms with Crippen LogP contribution in [0.25, 0.3) is 0 Å². The number of allylic oxidation sites excluding steroid dienone is 8. The van der Waals surface area contributed by atoms with Crippen LogP contribution in [0.3, 0.4) is 0 Å². The summed E-state index contributed by atoms with van der Waals surface area (Å²) in [5.74, 6) is 0.0564. The number of unbranched alkanes of at least 4 members (excludes halogenated alkanes) is 18. The second-order valence-electron chi connectivity index (χ2n) is 13.8. The van der Waals surface area contributed by atoms with Gasteiger partial charge in [0.25, 0.3) is 0 Å². The summed E-state index contributed by atoms with van der Waals surface area (Å²) >= 11 is -0.646. The van der Waals surface area contributed by atoms with E-state index < -0.39 is 14.7 Å². The maximum absolute atomic E-state index is 12.6. The van der Waals surface area contributed by atoms with Gasteiger partial charge in [-0.25, -0.2) is 0 Å². The van der Waals surface area contributed by atoms with E-state index >= 15 is 0 Å². The number of carbonyl (C=O) groups excluding carboxylic acids is 1. The van der Waals surface area contributed by atoms with Gasteiger partial charge in [0.15, 0.2) is 0 Å². The van der Waals surface area contributed by atoms with Gasteiger partial charge in [0.1, 0.15) is 0 Å². The molecule has 0 N–H and O–H groups in total. The molecule has 0 aromatic carbocycles. The van der Waals surface area contributed by atoms with Crippen LogP contribution in [0.15, 0.2) is 48.6 Å². The zero-order valence-corrected chi connectivity index (χ0v) is 33.3. The van der Waals surface area contributed by atoms with E-state index in [1.165, 1.54) is 146 Å². The van der Waals surface area contributed by atoms with Crippen LogP contribution in [0.2, 0.25) is 16.6 Å². The van der Waals surface area contributed by atoms with Crippen molar-refractivity contribution in [2.24, 2.45) is 0 Å². The van der Waals surface area contributed by atoms with Gasteiger partial charge >= 0.3 is 143 Å². The summed E-state index contributed by atoms with van der Waals surface area (Å²) in [6.45, 7) is 4.53. The van der Waals surface area contributed by atoms with Crippen molar-refractivity contribution in [3.63, 3.8) is 0 Å². The third kappa shape index (κ3) is 37.4. The van der Waals surface area contributed by atoms with Gasteiger partial charge in [-0.1, -0.05) is 88.1 Å². The monoisotopic (exact) mass is 703 g/mol. The molecule has 0 radical (unpaired) electrons. The Morgan fingerprint density at radius 1 is 0.500 bits per heavy atom. The molecule has 0 bridgehead atoms. The first-order valence-electron chi connectivity index (χ1n) is 20.0. The Balaban J connectivity index is 4.01. The average molecular weight is 703 g/mol. The van der Waals surface area contributed by atoms with Gasteiger partial charge in [-0.15, -0.1) is 0 Å².